The number of amides is 1. The highest BCUT2D eigenvalue weighted by atomic mass is 16.2. The standard InChI is InChI=1S/C8H14N2O/c1-3-5-6-8(11)10(4-2)7-9/h3-6H2,1-2H3. The molecule has 0 heterocycles. The van der Waals surface area contributed by atoms with E-state index in [1.54, 1.807) is 6.92 Å². The average molecular weight is 154 g/mol. The SMILES string of the molecule is CCCCC(=O)N(C#N)CC. The first-order chi connectivity index (χ1) is 5.26. The van der Waals surface area contributed by atoms with Crippen molar-refractivity contribution in [1.82, 2.24) is 4.90 Å². The predicted molar refractivity (Wildman–Crippen MR) is 42.5 cm³/mol. The van der Waals surface area contributed by atoms with Gasteiger partial charge in [0.25, 0.3) is 0 Å². The molecule has 0 aliphatic heterocycles. The maximum Gasteiger partial charge on any atom is 0.235 e. The molecule has 0 bridgehead atoms. The normalized spacial score (nSPS) is 8.82. The van der Waals surface area contributed by atoms with Crippen molar-refractivity contribution in [1.29, 1.82) is 5.26 Å². The minimum atomic E-state index is -0.0585. The number of carbonyl (C=O) groups is 1. The number of hydrogen-bond acceptors (Lipinski definition) is 2. The smallest absolute Gasteiger partial charge is 0.235 e. The van der Waals surface area contributed by atoms with Gasteiger partial charge < -0.3 is 0 Å². The minimum absolute atomic E-state index is 0.0585. The van der Waals surface area contributed by atoms with Crippen molar-refractivity contribution in [2.45, 2.75) is 33.1 Å². The van der Waals surface area contributed by atoms with Gasteiger partial charge in [0, 0.05) is 13.0 Å². The molecule has 0 aromatic carbocycles. The molecule has 0 unspecified atom stereocenters. The van der Waals surface area contributed by atoms with E-state index in [9.17, 15) is 4.79 Å². The first-order valence-electron chi connectivity index (χ1n) is 3.96. The average Bonchev–Trinajstić information content (AvgIpc) is 2.03. The van der Waals surface area contributed by atoms with Gasteiger partial charge in [-0.15, -0.1) is 0 Å². The Morgan fingerprint density at radius 3 is 2.55 bits per heavy atom. The highest BCUT2D eigenvalue weighted by Crippen LogP contribution is 1.98. The van der Waals surface area contributed by atoms with Crippen LogP contribution in [-0.2, 0) is 4.79 Å². The van der Waals surface area contributed by atoms with Crippen LogP contribution < -0.4 is 0 Å². The Balaban J connectivity index is 3.72. The van der Waals surface area contributed by atoms with Crippen LogP contribution >= 0.6 is 0 Å². The second-order valence-electron chi connectivity index (χ2n) is 2.34. The van der Waals surface area contributed by atoms with Gasteiger partial charge in [0.1, 0.15) is 0 Å². The zero-order chi connectivity index (χ0) is 8.69. The van der Waals surface area contributed by atoms with Crippen molar-refractivity contribution in [3.63, 3.8) is 0 Å². The van der Waals surface area contributed by atoms with Crippen LogP contribution in [0.15, 0.2) is 0 Å². The van der Waals surface area contributed by atoms with Crippen LogP contribution in [0.5, 0.6) is 0 Å². The van der Waals surface area contributed by atoms with E-state index in [4.69, 9.17) is 5.26 Å². The molecule has 0 spiro atoms. The summed E-state index contributed by atoms with van der Waals surface area (Å²) in [5.41, 5.74) is 0. The Bertz CT molecular complexity index is 160. The summed E-state index contributed by atoms with van der Waals surface area (Å²) in [5, 5.41) is 8.45. The van der Waals surface area contributed by atoms with Crippen molar-refractivity contribution >= 4 is 5.91 Å². The van der Waals surface area contributed by atoms with Gasteiger partial charge in [-0.2, -0.15) is 5.26 Å². The molecule has 0 aromatic heterocycles. The van der Waals surface area contributed by atoms with Crippen LogP contribution in [0.4, 0.5) is 0 Å². The fraction of sp³-hybridized carbons (Fsp3) is 0.750. The second-order valence-corrected chi connectivity index (χ2v) is 2.34. The van der Waals surface area contributed by atoms with Crippen molar-refractivity contribution < 1.29 is 4.79 Å². The lowest BCUT2D eigenvalue weighted by Gasteiger charge is -2.09. The quantitative estimate of drug-likeness (QED) is 0.455. The van der Waals surface area contributed by atoms with Crippen LogP contribution in [0, 0.1) is 11.5 Å². The topological polar surface area (TPSA) is 44.1 Å². The Labute approximate surface area is 67.6 Å². The number of unbranched alkanes of at least 4 members (excludes halogenated alkanes) is 1. The van der Waals surface area contributed by atoms with Gasteiger partial charge >= 0.3 is 0 Å². The van der Waals surface area contributed by atoms with Crippen molar-refractivity contribution in [2.75, 3.05) is 6.54 Å². The van der Waals surface area contributed by atoms with Crippen LogP contribution in [0.1, 0.15) is 33.1 Å². The minimum Gasteiger partial charge on any atom is -0.274 e. The molecule has 0 saturated heterocycles. The molecular formula is C8H14N2O. The Hall–Kier alpha value is -1.04. The molecule has 0 aromatic rings. The molecule has 3 nitrogen and oxygen atoms in total. The van der Waals surface area contributed by atoms with E-state index in [1.807, 2.05) is 13.1 Å². The Morgan fingerprint density at radius 1 is 1.55 bits per heavy atom. The molecular weight excluding hydrogens is 140 g/mol. The summed E-state index contributed by atoms with van der Waals surface area (Å²) >= 11 is 0. The van der Waals surface area contributed by atoms with E-state index in [-0.39, 0.29) is 5.91 Å². The third-order valence-electron chi connectivity index (χ3n) is 1.48. The largest absolute Gasteiger partial charge is 0.274 e. The lowest BCUT2D eigenvalue weighted by molar-refractivity contribution is -0.128. The third-order valence-corrected chi connectivity index (χ3v) is 1.48. The molecule has 0 aliphatic carbocycles. The maximum atomic E-state index is 11.1. The summed E-state index contributed by atoms with van der Waals surface area (Å²) in [7, 11) is 0. The van der Waals surface area contributed by atoms with Crippen molar-refractivity contribution in [3.8, 4) is 6.19 Å². The number of carbonyl (C=O) groups excluding carboxylic acids is 1. The highest BCUT2D eigenvalue weighted by Gasteiger charge is 2.08. The number of nitriles is 1. The van der Waals surface area contributed by atoms with E-state index in [0.29, 0.717) is 13.0 Å². The van der Waals surface area contributed by atoms with E-state index >= 15 is 0 Å². The van der Waals surface area contributed by atoms with E-state index in [0.717, 1.165) is 12.8 Å². The zero-order valence-electron chi connectivity index (χ0n) is 7.13. The Kier molecular flexibility index (Phi) is 5.18. The van der Waals surface area contributed by atoms with Gasteiger partial charge in [0.05, 0.1) is 0 Å². The maximum absolute atomic E-state index is 11.1. The second kappa shape index (κ2) is 5.72. The molecule has 1 amide bonds. The third kappa shape index (κ3) is 3.61. The predicted octanol–water partition coefficient (Wildman–Crippen LogP) is 1.51. The molecule has 0 saturated carbocycles. The molecule has 62 valence electrons. The van der Waals surface area contributed by atoms with Crippen molar-refractivity contribution in [2.24, 2.45) is 0 Å². The summed E-state index contributed by atoms with van der Waals surface area (Å²) in [5.74, 6) is -0.0585. The fourth-order valence-corrected chi connectivity index (χ4v) is 0.766. The Morgan fingerprint density at radius 2 is 2.18 bits per heavy atom. The zero-order valence-corrected chi connectivity index (χ0v) is 7.13. The lowest BCUT2D eigenvalue weighted by Crippen LogP contribution is -2.25. The van der Waals surface area contributed by atoms with Gasteiger partial charge in [-0.3, -0.25) is 4.79 Å². The lowest BCUT2D eigenvalue weighted by atomic mass is 10.2. The summed E-state index contributed by atoms with van der Waals surface area (Å²) < 4.78 is 0. The summed E-state index contributed by atoms with van der Waals surface area (Å²) in [6.45, 7) is 4.31. The summed E-state index contributed by atoms with van der Waals surface area (Å²) in [6, 6.07) is 0. The first-order valence-corrected chi connectivity index (χ1v) is 3.96. The molecule has 0 fully saturated rings. The number of rotatable bonds is 4. The van der Waals surface area contributed by atoms with Crippen LogP contribution in [0.3, 0.4) is 0 Å². The molecule has 0 aliphatic rings. The molecule has 0 radical (unpaired) electrons. The van der Waals surface area contributed by atoms with Crippen LogP contribution in [0.2, 0.25) is 0 Å². The molecule has 0 atom stereocenters. The van der Waals surface area contributed by atoms with Gasteiger partial charge in [0.2, 0.25) is 5.91 Å². The van der Waals surface area contributed by atoms with Crippen LogP contribution in [0.25, 0.3) is 0 Å². The van der Waals surface area contributed by atoms with E-state index in [2.05, 4.69) is 0 Å². The molecule has 0 rings (SSSR count). The van der Waals surface area contributed by atoms with E-state index < -0.39 is 0 Å². The van der Waals surface area contributed by atoms with Gasteiger partial charge in [0.15, 0.2) is 6.19 Å². The monoisotopic (exact) mass is 154 g/mol. The number of hydrogen-bond donors (Lipinski definition) is 0. The molecule has 3 heteroatoms. The van der Waals surface area contributed by atoms with Crippen molar-refractivity contribution in [3.05, 3.63) is 0 Å². The summed E-state index contributed by atoms with van der Waals surface area (Å²) in [6.07, 6.45) is 4.21. The van der Waals surface area contributed by atoms with Gasteiger partial charge in [-0.25, -0.2) is 4.90 Å². The van der Waals surface area contributed by atoms with Crippen LogP contribution in [-0.4, -0.2) is 17.4 Å². The van der Waals surface area contributed by atoms with E-state index in [1.165, 1.54) is 4.90 Å². The number of nitrogens with zero attached hydrogens (tertiary/aromatic N) is 2. The molecule has 11 heavy (non-hydrogen) atoms. The fourth-order valence-electron chi connectivity index (χ4n) is 0.766. The highest BCUT2D eigenvalue weighted by molar-refractivity contribution is 5.77. The van der Waals surface area contributed by atoms with Gasteiger partial charge in [-0.05, 0) is 13.3 Å². The van der Waals surface area contributed by atoms with Gasteiger partial charge in [-0.1, -0.05) is 13.3 Å². The molecule has 0 N–H and O–H groups in total. The first kappa shape index (κ1) is 9.96. The summed E-state index contributed by atoms with van der Waals surface area (Å²) in [4.78, 5) is 12.3.